The van der Waals surface area contributed by atoms with Gasteiger partial charge in [-0.15, -0.1) is 0 Å². The molecule has 0 saturated carbocycles. The molecule has 12 aromatic rings. The van der Waals surface area contributed by atoms with Crippen LogP contribution in [0.1, 0.15) is 95.2 Å². The lowest BCUT2D eigenvalue weighted by Gasteiger charge is -2.25. The summed E-state index contributed by atoms with van der Waals surface area (Å²) in [6.45, 7) is 5.66. The molecule has 3 saturated heterocycles. The number of benzene rings is 2. The minimum Gasteiger partial charge on any atom is -0.486 e. The van der Waals surface area contributed by atoms with Crippen LogP contribution in [-0.4, -0.2) is 179 Å². The van der Waals surface area contributed by atoms with Crippen LogP contribution >= 0.6 is 0 Å². The zero-order chi connectivity index (χ0) is 77.0. The summed E-state index contributed by atoms with van der Waals surface area (Å²) in [6.07, 6.45) is 14.1. The number of aromatic nitrogens is 10. The van der Waals surface area contributed by atoms with Gasteiger partial charge in [-0.05, 0) is 114 Å². The first-order valence-corrected chi connectivity index (χ1v) is 36.6. The Bertz CT molecular complexity index is 5400. The smallest absolute Gasteiger partial charge is 0.254 e. The molecular weight excluding hydrogens is 1420 g/mol. The largest absolute Gasteiger partial charge is 0.486 e. The molecule has 30 heteroatoms. The van der Waals surface area contributed by atoms with Gasteiger partial charge in [0, 0.05) is 154 Å². The molecule has 2 aromatic carbocycles. The Kier molecular flexibility index (Phi) is 20.0. The number of imidazole rings is 2. The molecule has 0 unspecified atom stereocenters. The van der Waals surface area contributed by atoms with Gasteiger partial charge in [-0.2, -0.15) is 0 Å². The Balaban J connectivity index is 0.000000126. The summed E-state index contributed by atoms with van der Waals surface area (Å²) < 4.78 is 55.5. The van der Waals surface area contributed by atoms with Gasteiger partial charge in [0.15, 0.2) is 0 Å². The average Bonchev–Trinajstić information content (AvgIpc) is 1.64. The van der Waals surface area contributed by atoms with E-state index in [1.807, 2.05) is 148 Å². The van der Waals surface area contributed by atoms with Crippen LogP contribution in [0.5, 0.6) is 5.75 Å². The normalized spacial score (nSPS) is 18.3. The third-order valence-corrected chi connectivity index (χ3v) is 20.5. The monoisotopic (exact) mass is 1500 g/mol. The van der Waals surface area contributed by atoms with Crippen molar-refractivity contribution in [3.05, 3.63) is 214 Å². The van der Waals surface area contributed by atoms with E-state index in [4.69, 9.17) is 38.9 Å². The summed E-state index contributed by atoms with van der Waals surface area (Å²) in [7, 11) is 13.7. The van der Waals surface area contributed by atoms with E-state index in [0.29, 0.717) is 141 Å². The van der Waals surface area contributed by atoms with Crippen molar-refractivity contribution < 1.29 is 52.3 Å². The van der Waals surface area contributed by atoms with E-state index in [1.54, 1.807) is 46.0 Å². The van der Waals surface area contributed by atoms with E-state index in [1.165, 1.54) is 24.3 Å². The standard InChI is InChI=1S/2C27H27FN6O3.C27H29N7O3/c2*1-33(2)14-21-19(27(36)8-10-37-15-27)4-6-23(32-21)31-20-5-3-17(18-12-30-26(35)25(18)20)22-13-29-24-11-16(28)7-9-34(22)24;1-33(2)14-21-22(37-16-8-11-36-15-16)4-5-23(32-21)31-20-13-29-25(19-12-30-27(35)24(19)20)17-6-9-28-26-18(17)7-10-34(26)3/h2*3-7,9,11,13,36H,8,10,12,14-15H2,1-2H3,(H,30,35)(H,31,32);4-7,9-10,13,16H,8,11-12,14-15H2,1-3H3,(H,30,35)(H,31,32)/t2*27-;16-/m100/s1. The van der Waals surface area contributed by atoms with Gasteiger partial charge in [0.05, 0.1) is 113 Å². The Morgan fingerprint density at radius 2 is 1.04 bits per heavy atom. The highest BCUT2D eigenvalue weighted by molar-refractivity contribution is 6.08. The number of aliphatic hydroxyl groups is 2. The van der Waals surface area contributed by atoms with E-state index < -0.39 is 11.2 Å². The summed E-state index contributed by atoms with van der Waals surface area (Å²) in [5.74, 6) is 1.31. The van der Waals surface area contributed by atoms with E-state index in [2.05, 4.69) is 46.9 Å². The molecule has 6 aliphatic rings. The number of carbonyl (C=O) groups excluding carboxylic acids is 3. The van der Waals surface area contributed by atoms with Crippen molar-refractivity contribution in [1.82, 2.24) is 78.9 Å². The molecule has 570 valence electrons. The molecule has 18 rings (SSSR count). The number of aryl methyl sites for hydroxylation is 1. The van der Waals surface area contributed by atoms with E-state index >= 15 is 0 Å². The minimum absolute atomic E-state index is 0.0366. The minimum atomic E-state index is -1.06. The van der Waals surface area contributed by atoms with E-state index in [-0.39, 0.29) is 48.7 Å². The van der Waals surface area contributed by atoms with Crippen molar-refractivity contribution in [3.63, 3.8) is 0 Å². The van der Waals surface area contributed by atoms with E-state index in [0.717, 1.165) is 102 Å². The van der Waals surface area contributed by atoms with Crippen LogP contribution < -0.4 is 36.6 Å². The fourth-order valence-electron chi connectivity index (χ4n) is 15.3. The molecule has 3 amide bonds. The van der Waals surface area contributed by atoms with Gasteiger partial charge in [0.1, 0.15) is 69.1 Å². The zero-order valence-corrected chi connectivity index (χ0v) is 62.3. The first-order chi connectivity index (χ1) is 53.6. The van der Waals surface area contributed by atoms with Gasteiger partial charge in [-0.25, -0.2) is 38.7 Å². The number of hydrogen-bond donors (Lipinski definition) is 8. The molecular formula is C81H83F2N19O9. The van der Waals surface area contributed by atoms with Crippen LogP contribution in [0.4, 0.5) is 43.3 Å². The summed E-state index contributed by atoms with van der Waals surface area (Å²) in [5.41, 5.74) is 14.6. The van der Waals surface area contributed by atoms with Gasteiger partial charge < -0.3 is 80.3 Å². The number of carbonyl (C=O) groups is 3. The molecule has 3 atom stereocenters. The Morgan fingerprint density at radius 1 is 0.541 bits per heavy atom. The summed E-state index contributed by atoms with van der Waals surface area (Å²) in [6, 6.07) is 28.2. The molecule has 6 aliphatic heterocycles. The third-order valence-electron chi connectivity index (χ3n) is 20.5. The van der Waals surface area contributed by atoms with Crippen LogP contribution in [0, 0.1) is 11.6 Å². The maximum Gasteiger partial charge on any atom is 0.254 e. The van der Waals surface area contributed by atoms with Crippen LogP contribution in [-0.2, 0) is 71.7 Å². The van der Waals surface area contributed by atoms with Gasteiger partial charge >= 0.3 is 0 Å². The number of nitrogens with zero attached hydrogens (tertiary/aromatic N) is 13. The molecule has 0 aliphatic carbocycles. The number of halogens is 2. The highest BCUT2D eigenvalue weighted by atomic mass is 19.1. The Labute approximate surface area is 636 Å². The molecule has 3 fully saturated rings. The number of nitrogens with one attached hydrogen (secondary N) is 6. The quantitative estimate of drug-likeness (QED) is 0.0373. The number of ether oxygens (including phenoxy) is 4. The number of rotatable bonds is 19. The Hall–Kier alpha value is -11.7. The molecule has 0 bridgehead atoms. The van der Waals surface area contributed by atoms with Crippen LogP contribution in [0.15, 0.2) is 140 Å². The average molecular weight is 1500 g/mol. The number of anilines is 6. The summed E-state index contributed by atoms with van der Waals surface area (Å²) in [4.78, 5) is 77.2. The highest BCUT2D eigenvalue weighted by Gasteiger charge is 2.39. The molecule has 28 nitrogen and oxygen atoms in total. The van der Waals surface area contributed by atoms with Gasteiger partial charge in [0.2, 0.25) is 0 Å². The number of amides is 3. The zero-order valence-electron chi connectivity index (χ0n) is 62.3. The first kappa shape index (κ1) is 73.4. The summed E-state index contributed by atoms with van der Waals surface area (Å²) in [5, 5.41) is 42.0. The number of fused-ring (bicyclic) bond motifs is 6. The van der Waals surface area contributed by atoms with Crippen LogP contribution in [0.2, 0.25) is 0 Å². The lowest BCUT2D eigenvalue weighted by molar-refractivity contribution is 0.0215. The maximum absolute atomic E-state index is 13.7. The van der Waals surface area contributed by atoms with Gasteiger partial charge in [-0.3, -0.25) is 28.2 Å². The fraction of sp³-hybridized carbons (Fsp3) is 0.309. The van der Waals surface area contributed by atoms with Gasteiger partial charge in [-0.1, -0.05) is 24.3 Å². The molecule has 0 spiro atoms. The molecule has 111 heavy (non-hydrogen) atoms. The van der Waals surface area contributed by atoms with Crippen molar-refractivity contribution in [1.29, 1.82) is 0 Å². The van der Waals surface area contributed by atoms with Crippen molar-refractivity contribution in [2.75, 3.05) is 97.9 Å². The second-order valence-corrected chi connectivity index (χ2v) is 29.3. The Morgan fingerprint density at radius 3 is 1.54 bits per heavy atom. The van der Waals surface area contributed by atoms with Crippen molar-refractivity contribution >= 4 is 74.6 Å². The van der Waals surface area contributed by atoms with Crippen molar-refractivity contribution in [2.24, 2.45) is 7.05 Å². The highest BCUT2D eigenvalue weighted by Crippen LogP contribution is 2.42. The predicted molar refractivity (Wildman–Crippen MR) is 412 cm³/mol. The summed E-state index contributed by atoms with van der Waals surface area (Å²) >= 11 is 0. The lowest BCUT2D eigenvalue weighted by atomic mass is 9.91. The SMILES string of the molecule is CN(C)Cc1nc(Nc2ccc(-c3cnc4cc(F)ccn34)c3c2C(=O)NC3)ccc1[C@@]1(O)CCOC1.CN(C)Cc1nc(Nc2ccc(-c3cnc4cc(F)ccn34)c3c2C(=O)NC3)ccc1[C@]1(O)CCOC1.CN(C)Cc1nc(Nc2cnc(-c3ccnc4c3ccn4C)c3c2C(=O)NC3)ccc1O[C@H]1CCOC1. The topological polar surface area (TPSA) is 314 Å². The predicted octanol–water partition coefficient (Wildman–Crippen LogP) is 9.63. The van der Waals surface area contributed by atoms with Gasteiger partial charge in [0.25, 0.3) is 17.7 Å². The van der Waals surface area contributed by atoms with Crippen LogP contribution in [0.3, 0.4) is 0 Å². The second-order valence-electron chi connectivity index (χ2n) is 29.3. The molecule has 8 N–H and O–H groups in total. The molecule has 0 radical (unpaired) electrons. The first-order valence-electron chi connectivity index (χ1n) is 36.6. The van der Waals surface area contributed by atoms with E-state index in [9.17, 15) is 33.4 Å². The van der Waals surface area contributed by atoms with Crippen molar-refractivity contribution in [2.45, 2.75) is 75.8 Å². The lowest BCUT2D eigenvalue weighted by Crippen LogP contribution is -2.29. The molecule has 10 aromatic heterocycles. The number of hydrogen-bond acceptors (Lipinski definition) is 22. The van der Waals surface area contributed by atoms with Crippen LogP contribution in [0.25, 0.3) is 56.1 Å². The number of pyridine rings is 7. The van der Waals surface area contributed by atoms with Crippen molar-refractivity contribution in [3.8, 4) is 39.5 Å². The fourth-order valence-corrected chi connectivity index (χ4v) is 15.3. The molecule has 16 heterocycles. The maximum atomic E-state index is 13.7. The second kappa shape index (κ2) is 30.3. The third kappa shape index (κ3) is 14.7.